The second kappa shape index (κ2) is 9.97. The molecule has 2 amide bonds. The lowest BCUT2D eigenvalue weighted by Gasteiger charge is -2.33. The predicted octanol–water partition coefficient (Wildman–Crippen LogP) is 3.23. The number of nitrogens with zero attached hydrogens (tertiary/aromatic N) is 2. The number of benzene rings is 2. The van der Waals surface area contributed by atoms with Gasteiger partial charge in [-0.1, -0.05) is 42.5 Å². The van der Waals surface area contributed by atoms with Gasteiger partial charge in [-0.25, -0.2) is 4.79 Å². The number of nitrogens with one attached hydrogen (secondary N) is 2. The minimum atomic E-state index is -0.510. The molecule has 162 valence electrons. The van der Waals surface area contributed by atoms with Crippen LogP contribution in [0.25, 0.3) is 11.1 Å². The summed E-state index contributed by atoms with van der Waals surface area (Å²) < 4.78 is 11.0. The molecule has 1 aliphatic heterocycles. The van der Waals surface area contributed by atoms with Gasteiger partial charge in [0.05, 0.1) is 0 Å². The van der Waals surface area contributed by atoms with Gasteiger partial charge in [0.15, 0.2) is 5.58 Å². The van der Waals surface area contributed by atoms with Crippen LogP contribution in [0.1, 0.15) is 24.8 Å². The number of hydrogen-bond acceptors (Lipinski definition) is 6. The lowest BCUT2D eigenvalue weighted by Crippen LogP contribution is -2.51. The van der Waals surface area contributed by atoms with E-state index in [9.17, 15) is 9.59 Å². The number of alkyl carbamates (subject to hydrolysis) is 1. The third kappa shape index (κ3) is 5.33. The van der Waals surface area contributed by atoms with Crippen molar-refractivity contribution >= 4 is 29.1 Å². The number of carbonyl (C=O) groups excluding carboxylic acids is 2. The molecule has 0 spiro atoms. The molecule has 31 heavy (non-hydrogen) atoms. The first-order chi connectivity index (χ1) is 15.2. The molecule has 1 aliphatic rings. The van der Waals surface area contributed by atoms with Crippen LogP contribution in [-0.2, 0) is 16.1 Å². The number of amides is 2. The minimum Gasteiger partial charge on any atom is -0.445 e. The molecule has 0 bridgehead atoms. The first-order valence-electron chi connectivity index (χ1n) is 10.6. The zero-order chi connectivity index (χ0) is 21.5. The highest BCUT2D eigenvalue weighted by Crippen LogP contribution is 2.27. The van der Waals surface area contributed by atoms with Gasteiger partial charge >= 0.3 is 6.09 Å². The Morgan fingerprint density at radius 1 is 1.03 bits per heavy atom. The summed E-state index contributed by atoms with van der Waals surface area (Å²) in [7, 11) is 0. The lowest BCUT2D eigenvalue weighted by atomic mass is 10.0. The van der Waals surface area contributed by atoms with E-state index in [2.05, 4.69) is 15.6 Å². The van der Waals surface area contributed by atoms with Crippen molar-refractivity contribution in [3.05, 3.63) is 60.2 Å². The molecule has 1 saturated heterocycles. The van der Waals surface area contributed by atoms with Gasteiger partial charge in [-0.2, -0.15) is 4.98 Å². The van der Waals surface area contributed by atoms with Crippen molar-refractivity contribution in [1.29, 1.82) is 0 Å². The molecule has 0 aliphatic carbocycles. The molecule has 4 rings (SSSR count). The van der Waals surface area contributed by atoms with Crippen LogP contribution in [0.2, 0.25) is 0 Å². The fraction of sp³-hybridized carbons (Fsp3) is 0.348. The Balaban J connectivity index is 1.24. The average Bonchev–Trinajstić information content (AvgIpc) is 3.25. The Morgan fingerprint density at radius 2 is 1.81 bits per heavy atom. The fourth-order valence-electron chi connectivity index (χ4n) is 3.66. The van der Waals surface area contributed by atoms with Crippen LogP contribution in [-0.4, -0.2) is 42.7 Å². The standard InChI is InChI=1S/C23H26N4O4/c28-21(24-13-14-25-23(29)30-16-17-8-2-1-3-9-17)19-11-6-7-15-27(19)22-26-18-10-4-5-12-20(18)31-22/h1-5,8-10,12,19H,6-7,11,13-16H2,(H,24,28)(H,25,29). The molecule has 0 radical (unpaired) electrons. The second-order valence-corrected chi connectivity index (χ2v) is 7.45. The highest BCUT2D eigenvalue weighted by Gasteiger charge is 2.31. The first kappa shape index (κ1) is 20.7. The third-order valence-corrected chi connectivity index (χ3v) is 5.24. The maximum absolute atomic E-state index is 12.8. The number of oxazole rings is 1. The van der Waals surface area contributed by atoms with Crippen LogP contribution < -0.4 is 15.5 Å². The summed E-state index contributed by atoms with van der Waals surface area (Å²) in [6.45, 7) is 1.53. The molecule has 0 saturated carbocycles. The van der Waals surface area contributed by atoms with Crippen molar-refractivity contribution in [2.24, 2.45) is 0 Å². The molecule has 2 heterocycles. The molecule has 3 aromatic rings. The van der Waals surface area contributed by atoms with Gasteiger partial charge in [0.2, 0.25) is 5.91 Å². The van der Waals surface area contributed by atoms with Gasteiger partial charge in [0.25, 0.3) is 6.01 Å². The van der Waals surface area contributed by atoms with Crippen LogP contribution in [0.5, 0.6) is 0 Å². The van der Waals surface area contributed by atoms with E-state index in [0.717, 1.165) is 36.9 Å². The molecule has 2 N–H and O–H groups in total. The van der Waals surface area contributed by atoms with Crippen molar-refractivity contribution in [2.75, 3.05) is 24.5 Å². The number of carbonyl (C=O) groups is 2. The maximum atomic E-state index is 12.8. The number of para-hydroxylation sites is 2. The molecule has 2 aromatic carbocycles. The smallest absolute Gasteiger partial charge is 0.407 e. The predicted molar refractivity (Wildman–Crippen MR) is 117 cm³/mol. The van der Waals surface area contributed by atoms with Crippen LogP contribution in [0.15, 0.2) is 59.0 Å². The number of fused-ring (bicyclic) bond motifs is 1. The number of anilines is 1. The summed E-state index contributed by atoms with van der Waals surface area (Å²) in [6, 6.07) is 17.2. The normalized spacial score (nSPS) is 16.1. The Kier molecular flexibility index (Phi) is 6.66. The Hall–Kier alpha value is -3.55. The van der Waals surface area contributed by atoms with Crippen LogP contribution in [0.3, 0.4) is 0 Å². The summed E-state index contributed by atoms with van der Waals surface area (Å²) in [6.07, 6.45) is 2.18. The molecule has 1 unspecified atom stereocenters. The van der Waals surface area contributed by atoms with Gasteiger partial charge in [-0.15, -0.1) is 0 Å². The van der Waals surface area contributed by atoms with Gasteiger partial charge in [-0.05, 0) is 37.0 Å². The highest BCUT2D eigenvalue weighted by atomic mass is 16.5. The Labute approximate surface area is 180 Å². The van der Waals surface area contributed by atoms with Crippen molar-refractivity contribution in [2.45, 2.75) is 31.9 Å². The second-order valence-electron chi connectivity index (χ2n) is 7.45. The van der Waals surface area contributed by atoms with E-state index < -0.39 is 6.09 Å². The number of ether oxygens (including phenoxy) is 1. The number of rotatable bonds is 7. The fourth-order valence-corrected chi connectivity index (χ4v) is 3.66. The van der Waals surface area contributed by atoms with Crippen molar-refractivity contribution < 1.29 is 18.7 Å². The van der Waals surface area contributed by atoms with Crippen molar-refractivity contribution in [3.8, 4) is 0 Å². The zero-order valence-electron chi connectivity index (χ0n) is 17.3. The average molecular weight is 422 g/mol. The minimum absolute atomic E-state index is 0.0959. The van der Waals surface area contributed by atoms with E-state index in [1.807, 2.05) is 59.5 Å². The van der Waals surface area contributed by atoms with E-state index in [1.54, 1.807) is 0 Å². The summed E-state index contributed by atoms with van der Waals surface area (Å²) in [5.74, 6) is -0.0959. The van der Waals surface area contributed by atoms with Crippen molar-refractivity contribution in [3.63, 3.8) is 0 Å². The topological polar surface area (TPSA) is 96.7 Å². The SMILES string of the molecule is O=C(NCCNC(=O)C1CCCCN1c1nc2ccccc2o1)OCc1ccccc1. The van der Waals surface area contributed by atoms with E-state index in [4.69, 9.17) is 9.15 Å². The first-order valence-corrected chi connectivity index (χ1v) is 10.6. The van der Waals surface area contributed by atoms with Crippen LogP contribution >= 0.6 is 0 Å². The van der Waals surface area contributed by atoms with Crippen LogP contribution in [0, 0.1) is 0 Å². The number of aromatic nitrogens is 1. The van der Waals surface area contributed by atoms with Gasteiger partial charge in [-0.3, -0.25) is 4.79 Å². The van der Waals surface area contributed by atoms with E-state index >= 15 is 0 Å². The van der Waals surface area contributed by atoms with Gasteiger partial charge in [0, 0.05) is 19.6 Å². The van der Waals surface area contributed by atoms with E-state index in [0.29, 0.717) is 18.1 Å². The molecular formula is C23H26N4O4. The molecule has 8 heteroatoms. The van der Waals surface area contributed by atoms with Crippen molar-refractivity contribution in [1.82, 2.24) is 15.6 Å². The van der Waals surface area contributed by atoms with Gasteiger partial charge < -0.3 is 24.7 Å². The number of piperidine rings is 1. The molecule has 1 fully saturated rings. The summed E-state index contributed by atoms with van der Waals surface area (Å²) in [5, 5.41) is 5.55. The lowest BCUT2D eigenvalue weighted by molar-refractivity contribution is -0.122. The summed E-state index contributed by atoms with van der Waals surface area (Å²) in [4.78, 5) is 31.1. The summed E-state index contributed by atoms with van der Waals surface area (Å²) >= 11 is 0. The van der Waals surface area contributed by atoms with E-state index in [-0.39, 0.29) is 25.1 Å². The van der Waals surface area contributed by atoms with Crippen LogP contribution in [0.4, 0.5) is 10.8 Å². The summed E-state index contributed by atoms with van der Waals surface area (Å²) in [5.41, 5.74) is 2.41. The molecule has 1 aromatic heterocycles. The van der Waals surface area contributed by atoms with E-state index in [1.165, 1.54) is 0 Å². The highest BCUT2D eigenvalue weighted by molar-refractivity contribution is 5.85. The quantitative estimate of drug-likeness (QED) is 0.568. The maximum Gasteiger partial charge on any atom is 0.407 e. The zero-order valence-corrected chi connectivity index (χ0v) is 17.3. The molecule has 1 atom stereocenters. The largest absolute Gasteiger partial charge is 0.445 e. The molecular weight excluding hydrogens is 396 g/mol. The monoisotopic (exact) mass is 422 g/mol. The molecule has 8 nitrogen and oxygen atoms in total. The Morgan fingerprint density at radius 3 is 2.65 bits per heavy atom. The third-order valence-electron chi connectivity index (χ3n) is 5.24. The van der Waals surface area contributed by atoms with Gasteiger partial charge in [0.1, 0.15) is 18.2 Å². The Bertz CT molecular complexity index is 988. The number of hydrogen-bond donors (Lipinski definition) is 2.